The maximum Gasteiger partial charge on any atom is 0.0209 e. The van der Waals surface area contributed by atoms with E-state index in [2.05, 4.69) is 37.6 Å². The lowest BCUT2D eigenvalue weighted by Crippen LogP contribution is -2.34. The Morgan fingerprint density at radius 2 is 1.45 bits per heavy atom. The van der Waals surface area contributed by atoms with Gasteiger partial charge in [0.05, 0.1) is 0 Å². The Morgan fingerprint density at radius 1 is 1.09 bits per heavy atom. The molecule has 0 radical (unpaired) electrons. The molecule has 0 aliphatic rings. The lowest BCUT2D eigenvalue weighted by atomic mass is 9.94. The van der Waals surface area contributed by atoms with E-state index in [4.69, 9.17) is 0 Å². The quantitative estimate of drug-likeness (QED) is 0.605. The first-order valence-electron chi connectivity index (χ1n) is 3.81. The van der Waals surface area contributed by atoms with Crippen molar-refractivity contribution in [1.82, 2.24) is 10.6 Å². The molecule has 0 atom stereocenters. The lowest BCUT2D eigenvalue weighted by molar-refractivity contribution is 0.351. The summed E-state index contributed by atoms with van der Waals surface area (Å²) in [5.74, 6) is 0. The summed E-state index contributed by atoms with van der Waals surface area (Å²) >= 11 is 0. The van der Waals surface area contributed by atoms with Crippen LogP contribution in [0.4, 0.5) is 0 Å². The van der Waals surface area contributed by atoms with Crippen molar-refractivity contribution in [3.8, 4) is 0 Å². The number of hydrogen-bond acceptors (Lipinski definition) is 2. The summed E-state index contributed by atoms with van der Waals surface area (Å²) in [5.41, 5.74) is 0.238. The van der Waals surface area contributed by atoms with Crippen LogP contribution in [-0.4, -0.2) is 13.1 Å². The van der Waals surface area contributed by atoms with Crippen LogP contribution in [0.1, 0.15) is 13.8 Å². The molecule has 64 valence electrons. The maximum absolute atomic E-state index is 3.59. The Hall–Kier alpha value is -0.920. The lowest BCUT2D eigenvalue weighted by Gasteiger charge is -2.24. The summed E-state index contributed by atoms with van der Waals surface area (Å²) in [7, 11) is 0. The van der Waals surface area contributed by atoms with Crippen molar-refractivity contribution in [2.24, 2.45) is 5.41 Å². The monoisotopic (exact) mass is 154 g/mol. The molecule has 0 aliphatic carbocycles. The van der Waals surface area contributed by atoms with Crippen LogP contribution in [0.5, 0.6) is 0 Å². The minimum atomic E-state index is 0.238. The minimum Gasteiger partial charge on any atom is -0.391 e. The summed E-state index contributed by atoms with van der Waals surface area (Å²) in [6, 6.07) is 0. The third-order valence-corrected chi connectivity index (χ3v) is 1.45. The normalized spacial score (nSPS) is 10.4. The van der Waals surface area contributed by atoms with E-state index < -0.39 is 0 Å². The predicted molar refractivity (Wildman–Crippen MR) is 50.2 cm³/mol. The van der Waals surface area contributed by atoms with Crippen LogP contribution in [0.2, 0.25) is 0 Å². The number of rotatable bonds is 6. The Kier molecular flexibility index (Phi) is 4.42. The number of nitrogens with one attached hydrogen (secondary N) is 2. The molecule has 0 bridgehead atoms. The second-order valence-corrected chi connectivity index (χ2v) is 3.33. The molecule has 0 aromatic carbocycles. The van der Waals surface area contributed by atoms with Gasteiger partial charge < -0.3 is 10.6 Å². The molecule has 0 rings (SSSR count). The van der Waals surface area contributed by atoms with E-state index in [9.17, 15) is 0 Å². The van der Waals surface area contributed by atoms with Gasteiger partial charge in [-0.3, -0.25) is 0 Å². The Labute approximate surface area is 69.4 Å². The molecule has 0 spiro atoms. The highest BCUT2D eigenvalue weighted by atomic mass is 14.9. The van der Waals surface area contributed by atoms with Crippen LogP contribution < -0.4 is 10.6 Å². The van der Waals surface area contributed by atoms with Gasteiger partial charge in [0, 0.05) is 13.1 Å². The zero-order chi connectivity index (χ0) is 8.74. The smallest absolute Gasteiger partial charge is 0.0209 e. The molecule has 0 unspecified atom stereocenters. The van der Waals surface area contributed by atoms with Gasteiger partial charge in [-0.15, -0.1) is 0 Å². The Bertz CT molecular complexity index is 114. The van der Waals surface area contributed by atoms with E-state index >= 15 is 0 Å². The summed E-state index contributed by atoms with van der Waals surface area (Å²) < 4.78 is 0. The first-order valence-corrected chi connectivity index (χ1v) is 3.81. The van der Waals surface area contributed by atoms with Gasteiger partial charge in [-0.05, 0) is 17.8 Å². The molecule has 0 aromatic rings. The van der Waals surface area contributed by atoms with Gasteiger partial charge >= 0.3 is 0 Å². The average Bonchev–Trinajstić information content (AvgIpc) is 1.97. The van der Waals surface area contributed by atoms with Gasteiger partial charge in [0.15, 0.2) is 0 Å². The van der Waals surface area contributed by atoms with E-state index in [1.165, 1.54) is 0 Å². The van der Waals surface area contributed by atoms with Crippen molar-refractivity contribution < 1.29 is 0 Å². The molecule has 2 nitrogen and oxygen atoms in total. The summed E-state index contributed by atoms with van der Waals surface area (Å²) in [6.07, 6.45) is 3.44. The van der Waals surface area contributed by atoms with Gasteiger partial charge in [0.2, 0.25) is 0 Å². The van der Waals surface area contributed by atoms with E-state index in [1.807, 2.05) is 0 Å². The predicted octanol–water partition coefficient (Wildman–Crippen LogP) is 1.48. The molecule has 11 heavy (non-hydrogen) atoms. The second-order valence-electron chi connectivity index (χ2n) is 3.33. The van der Waals surface area contributed by atoms with Gasteiger partial charge in [0.25, 0.3) is 0 Å². The molecule has 0 saturated heterocycles. The molecule has 0 saturated carbocycles. The third kappa shape index (κ3) is 5.52. The zero-order valence-electron chi connectivity index (χ0n) is 7.48. The van der Waals surface area contributed by atoms with Crippen LogP contribution >= 0.6 is 0 Å². The molecule has 0 fully saturated rings. The molecular formula is C9H18N2. The molecule has 2 N–H and O–H groups in total. The third-order valence-electron chi connectivity index (χ3n) is 1.45. The highest BCUT2D eigenvalue weighted by Gasteiger charge is 2.15. The fourth-order valence-corrected chi connectivity index (χ4v) is 0.759. The van der Waals surface area contributed by atoms with Crippen molar-refractivity contribution in [3.05, 3.63) is 25.6 Å². The van der Waals surface area contributed by atoms with E-state index in [0.29, 0.717) is 0 Å². The molecule has 0 heterocycles. The summed E-state index contributed by atoms with van der Waals surface area (Å²) in [6.45, 7) is 13.4. The molecule has 2 heteroatoms. The van der Waals surface area contributed by atoms with Crippen LogP contribution in [-0.2, 0) is 0 Å². The Morgan fingerprint density at radius 3 is 1.73 bits per heavy atom. The van der Waals surface area contributed by atoms with Crippen LogP contribution in [0, 0.1) is 5.41 Å². The van der Waals surface area contributed by atoms with E-state index in [-0.39, 0.29) is 5.41 Å². The van der Waals surface area contributed by atoms with Gasteiger partial charge in [-0.25, -0.2) is 0 Å². The van der Waals surface area contributed by atoms with Crippen molar-refractivity contribution in [2.75, 3.05) is 13.1 Å². The fourth-order valence-electron chi connectivity index (χ4n) is 0.759. The van der Waals surface area contributed by atoms with Gasteiger partial charge in [0.1, 0.15) is 0 Å². The standard InChI is InChI=1S/C9H18N2/c1-5-10-7-9(3,4)8-11-6-2/h5-6,10-11H,1-2,7-8H2,3-4H3. The van der Waals surface area contributed by atoms with Crippen molar-refractivity contribution in [1.29, 1.82) is 0 Å². The van der Waals surface area contributed by atoms with E-state index in [1.54, 1.807) is 12.4 Å². The van der Waals surface area contributed by atoms with Crippen molar-refractivity contribution in [3.63, 3.8) is 0 Å². The number of hydrogen-bond donors (Lipinski definition) is 2. The molecule has 0 aliphatic heterocycles. The fraction of sp³-hybridized carbons (Fsp3) is 0.556. The first-order chi connectivity index (χ1) is 5.12. The van der Waals surface area contributed by atoms with Crippen LogP contribution in [0.25, 0.3) is 0 Å². The highest BCUT2D eigenvalue weighted by molar-refractivity contribution is 4.79. The Balaban J connectivity index is 3.59. The zero-order valence-corrected chi connectivity index (χ0v) is 7.48. The minimum absolute atomic E-state index is 0.238. The van der Waals surface area contributed by atoms with Crippen molar-refractivity contribution >= 4 is 0 Å². The van der Waals surface area contributed by atoms with Crippen LogP contribution in [0.15, 0.2) is 25.6 Å². The maximum atomic E-state index is 3.59. The first kappa shape index (κ1) is 10.1. The van der Waals surface area contributed by atoms with Gasteiger partial charge in [-0.2, -0.15) is 0 Å². The van der Waals surface area contributed by atoms with Crippen LogP contribution in [0.3, 0.4) is 0 Å². The summed E-state index contributed by atoms with van der Waals surface area (Å²) in [5, 5.41) is 6.17. The topological polar surface area (TPSA) is 24.1 Å². The highest BCUT2D eigenvalue weighted by Crippen LogP contribution is 2.10. The summed E-state index contributed by atoms with van der Waals surface area (Å²) in [4.78, 5) is 0. The molecular weight excluding hydrogens is 136 g/mol. The van der Waals surface area contributed by atoms with Gasteiger partial charge in [-0.1, -0.05) is 27.0 Å². The van der Waals surface area contributed by atoms with Crippen molar-refractivity contribution in [2.45, 2.75) is 13.8 Å². The average molecular weight is 154 g/mol. The second kappa shape index (κ2) is 4.83. The largest absolute Gasteiger partial charge is 0.391 e. The molecule has 0 aromatic heterocycles. The molecule has 0 amide bonds. The van der Waals surface area contributed by atoms with E-state index in [0.717, 1.165) is 13.1 Å². The SMILES string of the molecule is C=CNCC(C)(C)CNC=C.